The monoisotopic (exact) mass is 233 g/mol. The van der Waals surface area contributed by atoms with Gasteiger partial charge in [-0.25, -0.2) is 0 Å². The van der Waals surface area contributed by atoms with Gasteiger partial charge in [-0.1, -0.05) is 28.7 Å². The van der Waals surface area contributed by atoms with Gasteiger partial charge in [0.25, 0.3) is 0 Å². The van der Waals surface area contributed by atoms with E-state index in [1.165, 1.54) is 5.69 Å². The highest BCUT2D eigenvalue weighted by molar-refractivity contribution is 14.1. The Bertz CT molecular complexity index is 162. The van der Waals surface area contributed by atoms with E-state index in [0.717, 1.165) is 10.8 Å². The van der Waals surface area contributed by atoms with Gasteiger partial charge in [-0.15, -0.1) is 0 Å². The van der Waals surface area contributed by atoms with Crippen molar-refractivity contribution >= 4 is 22.6 Å². The number of rotatable bonds is 2. The molecule has 0 fully saturated rings. The van der Waals surface area contributed by atoms with Gasteiger partial charge in [0.2, 0.25) is 0 Å². The Morgan fingerprint density at radius 3 is 2.89 bits per heavy atom. The van der Waals surface area contributed by atoms with Gasteiger partial charge in [-0.2, -0.15) is 0 Å². The highest BCUT2D eigenvalue weighted by Gasteiger charge is 1.87. The van der Waals surface area contributed by atoms with Crippen LogP contribution >= 0.6 is 22.6 Å². The van der Waals surface area contributed by atoms with Crippen LogP contribution in [0.5, 0.6) is 0 Å². The number of pyridine rings is 1. The van der Waals surface area contributed by atoms with Crippen molar-refractivity contribution in [3.05, 3.63) is 30.1 Å². The number of hydrogen-bond acceptors (Lipinski definition) is 1. The van der Waals surface area contributed by atoms with Crippen molar-refractivity contribution in [1.29, 1.82) is 0 Å². The van der Waals surface area contributed by atoms with E-state index < -0.39 is 0 Å². The summed E-state index contributed by atoms with van der Waals surface area (Å²) in [6.07, 6.45) is 2.92. The Balaban J connectivity index is 2.61. The minimum Gasteiger partial charge on any atom is -0.261 e. The average molecular weight is 233 g/mol. The fraction of sp³-hybridized carbons (Fsp3) is 0.286. The highest BCUT2D eigenvalue weighted by Crippen LogP contribution is 1.96. The molecule has 0 saturated heterocycles. The first kappa shape index (κ1) is 6.99. The third kappa shape index (κ3) is 2.30. The van der Waals surface area contributed by atoms with Crippen LogP contribution in [0.4, 0.5) is 0 Å². The minimum atomic E-state index is 1.08. The molecule has 0 amide bonds. The topological polar surface area (TPSA) is 12.9 Å². The summed E-state index contributed by atoms with van der Waals surface area (Å²) in [5.41, 5.74) is 1.19. The quantitative estimate of drug-likeness (QED) is 0.562. The number of hydrogen-bond donors (Lipinski definition) is 0. The molecule has 0 N–H and O–H groups in total. The van der Waals surface area contributed by atoms with E-state index in [-0.39, 0.29) is 0 Å². The fourth-order valence-corrected chi connectivity index (χ4v) is 1.20. The van der Waals surface area contributed by atoms with Crippen molar-refractivity contribution in [3.63, 3.8) is 0 Å². The number of halogens is 1. The largest absolute Gasteiger partial charge is 0.261 e. The predicted molar refractivity (Wildman–Crippen MR) is 46.8 cm³/mol. The second kappa shape index (κ2) is 3.82. The molecule has 1 nitrogen and oxygen atoms in total. The van der Waals surface area contributed by atoms with Crippen molar-refractivity contribution in [2.45, 2.75) is 6.42 Å². The van der Waals surface area contributed by atoms with Gasteiger partial charge in [0.1, 0.15) is 0 Å². The molecule has 0 saturated carbocycles. The number of nitrogens with zero attached hydrogens (tertiary/aromatic N) is 1. The lowest BCUT2D eigenvalue weighted by Crippen LogP contribution is -1.87. The van der Waals surface area contributed by atoms with Gasteiger partial charge in [0.15, 0.2) is 0 Å². The zero-order valence-corrected chi connectivity index (χ0v) is 7.21. The Labute approximate surface area is 68.6 Å². The predicted octanol–water partition coefficient (Wildman–Crippen LogP) is 2.06. The van der Waals surface area contributed by atoms with Crippen LogP contribution in [0, 0.1) is 0 Å². The summed E-state index contributed by atoms with van der Waals surface area (Å²) in [4.78, 5) is 4.16. The first-order chi connectivity index (χ1) is 4.43. The maximum absolute atomic E-state index is 4.16. The molecule has 48 valence electrons. The van der Waals surface area contributed by atoms with Crippen molar-refractivity contribution in [2.75, 3.05) is 4.43 Å². The first-order valence-electron chi connectivity index (χ1n) is 2.89. The van der Waals surface area contributed by atoms with Crippen LogP contribution in [0.3, 0.4) is 0 Å². The number of aryl methyl sites for hydroxylation is 1. The van der Waals surface area contributed by atoms with E-state index in [9.17, 15) is 0 Å². The van der Waals surface area contributed by atoms with Crippen LogP contribution in [0.25, 0.3) is 0 Å². The molecule has 9 heavy (non-hydrogen) atoms. The summed E-state index contributed by atoms with van der Waals surface area (Å²) in [7, 11) is 0. The molecule has 0 aliphatic carbocycles. The van der Waals surface area contributed by atoms with Crippen LogP contribution in [-0.2, 0) is 6.42 Å². The highest BCUT2D eigenvalue weighted by atomic mass is 127. The van der Waals surface area contributed by atoms with E-state index in [1.807, 2.05) is 18.3 Å². The van der Waals surface area contributed by atoms with Gasteiger partial charge in [0.05, 0.1) is 0 Å². The Morgan fingerprint density at radius 2 is 2.33 bits per heavy atom. The van der Waals surface area contributed by atoms with E-state index in [1.54, 1.807) is 0 Å². The molecule has 0 spiro atoms. The molecule has 0 aliphatic rings. The summed E-state index contributed by atoms with van der Waals surface area (Å²) in [6.45, 7) is 0. The number of alkyl halides is 1. The molecule has 1 rings (SSSR count). The van der Waals surface area contributed by atoms with Crippen molar-refractivity contribution < 1.29 is 0 Å². The van der Waals surface area contributed by atoms with Crippen LogP contribution in [0.1, 0.15) is 5.69 Å². The molecule has 0 atom stereocenters. The van der Waals surface area contributed by atoms with Crippen LogP contribution in [-0.4, -0.2) is 9.41 Å². The molecule has 0 radical (unpaired) electrons. The van der Waals surface area contributed by atoms with Gasteiger partial charge >= 0.3 is 0 Å². The minimum absolute atomic E-state index is 1.08. The Kier molecular flexibility index (Phi) is 2.97. The third-order valence-corrected chi connectivity index (χ3v) is 1.62. The van der Waals surface area contributed by atoms with Crippen molar-refractivity contribution in [1.82, 2.24) is 4.98 Å². The van der Waals surface area contributed by atoms with Crippen molar-refractivity contribution in [3.8, 4) is 0 Å². The van der Waals surface area contributed by atoms with E-state index in [0.29, 0.717) is 0 Å². The summed E-state index contributed by atoms with van der Waals surface area (Å²) in [5.74, 6) is 0. The molecule has 0 aromatic carbocycles. The lowest BCUT2D eigenvalue weighted by atomic mass is 10.3. The normalized spacial score (nSPS) is 9.44. The van der Waals surface area contributed by atoms with Crippen molar-refractivity contribution in [2.24, 2.45) is 0 Å². The second-order valence-corrected chi connectivity index (χ2v) is 2.84. The van der Waals surface area contributed by atoms with Crippen LogP contribution < -0.4 is 0 Å². The van der Waals surface area contributed by atoms with Gasteiger partial charge in [-0.3, -0.25) is 4.98 Å². The lowest BCUT2D eigenvalue weighted by Gasteiger charge is -1.91. The molecule has 1 aromatic heterocycles. The summed E-state index contributed by atoms with van der Waals surface area (Å²) < 4.78 is 1.15. The van der Waals surface area contributed by atoms with E-state index in [2.05, 4.69) is 33.6 Å². The summed E-state index contributed by atoms with van der Waals surface area (Å²) in [5, 5.41) is 0. The van der Waals surface area contributed by atoms with Gasteiger partial charge < -0.3 is 0 Å². The van der Waals surface area contributed by atoms with E-state index in [4.69, 9.17) is 0 Å². The third-order valence-electron chi connectivity index (χ3n) is 1.08. The molecule has 0 unspecified atom stereocenters. The number of aromatic nitrogens is 1. The zero-order valence-electron chi connectivity index (χ0n) is 5.05. The maximum Gasteiger partial charge on any atom is 0.0411 e. The summed E-state index contributed by atoms with van der Waals surface area (Å²) in [6, 6.07) is 6.02. The SMILES string of the molecule is ICCc1ccccn1. The molecule has 1 heterocycles. The molecule has 2 heteroatoms. The Morgan fingerprint density at radius 1 is 1.44 bits per heavy atom. The maximum atomic E-state index is 4.16. The standard InChI is InChI=1S/C7H8IN/c8-5-4-7-3-1-2-6-9-7/h1-3,6H,4-5H2. The molecular formula is C7H8IN. The zero-order chi connectivity index (χ0) is 6.53. The first-order valence-corrected chi connectivity index (χ1v) is 4.42. The lowest BCUT2D eigenvalue weighted by molar-refractivity contribution is 1.06. The van der Waals surface area contributed by atoms with Gasteiger partial charge in [-0.05, 0) is 18.6 Å². The molecule has 0 aliphatic heterocycles. The molecular weight excluding hydrogens is 225 g/mol. The van der Waals surface area contributed by atoms with Gasteiger partial charge in [0, 0.05) is 16.3 Å². The second-order valence-electron chi connectivity index (χ2n) is 1.76. The van der Waals surface area contributed by atoms with E-state index >= 15 is 0 Å². The molecule has 1 aromatic rings. The average Bonchev–Trinajstić information content (AvgIpc) is 1.91. The summed E-state index contributed by atoms with van der Waals surface area (Å²) >= 11 is 2.35. The van der Waals surface area contributed by atoms with Crippen LogP contribution in [0.2, 0.25) is 0 Å². The molecule has 0 bridgehead atoms. The van der Waals surface area contributed by atoms with Crippen LogP contribution in [0.15, 0.2) is 24.4 Å². The fourth-order valence-electron chi connectivity index (χ4n) is 0.643. The Hall–Kier alpha value is -0.120. The smallest absolute Gasteiger partial charge is 0.0411 e.